The molecule has 2 aromatic rings. The van der Waals surface area contributed by atoms with Crippen molar-refractivity contribution in [2.24, 2.45) is 0 Å². The lowest BCUT2D eigenvalue weighted by molar-refractivity contribution is -0.134. The second-order valence-electron chi connectivity index (χ2n) is 4.47. The van der Waals surface area contributed by atoms with Gasteiger partial charge in [-0.1, -0.05) is 18.2 Å². The predicted octanol–water partition coefficient (Wildman–Crippen LogP) is 2.48. The van der Waals surface area contributed by atoms with Crippen molar-refractivity contribution in [3.63, 3.8) is 0 Å². The summed E-state index contributed by atoms with van der Waals surface area (Å²) in [5.74, 6) is 0.797. The molecule has 1 aliphatic rings. The van der Waals surface area contributed by atoms with E-state index in [9.17, 15) is 4.79 Å². The Morgan fingerprint density at radius 2 is 2.15 bits per heavy atom. The van der Waals surface area contributed by atoms with E-state index in [1.165, 1.54) is 5.06 Å². The van der Waals surface area contributed by atoms with Crippen LogP contribution in [0.1, 0.15) is 24.8 Å². The fourth-order valence-corrected chi connectivity index (χ4v) is 2.26. The highest BCUT2D eigenvalue weighted by atomic mass is 16.8. The van der Waals surface area contributed by atoms with Crippen molar-refractivity contribution in [1.82, 2.24) is 15.3 Å². The predicted molar refractivity (Wildman–Crippen MR) is 67.5 cm³/mol. The van der Waals surface area contributed by atoms with E-state index in [-0.39, 0.29) is 6.04 Å². The Morgan fingerprint density at radius 3 is 2.90 bits per heavy atom. The molecule has 0 aliphatic carbocycles. The number of benzene rings is 1. The van der Waals surface area contributed by atoms with Gasteiger partial charge in [-0.3, -0.25) is 0 Å². The number of aromatic nitrogens is 2. The summed E-state index contributed by atoms with van der Waals surface area (Å²) in [6, 6.07) is 9.11. The molecule has 1 aromatic heterocycles. The quantitative estimate of drug-likeness (QED) is 0.920. The summed E-state index contributed by atoms with van der Waals surface area (Å²) in [5, 5.41) is 18.1. The Morgan fingerprint density at radius 1 is 1.35 bits per heavy atom. The number of carbonyl (C=O) groups is 1. The first kappa shape index (κ1) is 12.6. The normalized spacial score (nSPS) is 19.1. The van der Waals surface area contributed by atoms with E-state index in [2.05, 4.69) is 10.2 Å². The molecule has 0 saturated carbocycles. The lowest BCUT2D eigenvalue weighted by atomic mass is 10.2. The zero-order chi connectivity index (χ0) is 13.9. The highest BCUT2D eigenvalue weighted by molar-refractivity contribution is 5.56. The van der Waals surface area contributed by atoms with Crippen LogP contribution in [0.3, 0.4) is 0 Å². The monoisotopic (exact) mass is 275 g/mol. The van der Waals surface area contributed by atoms with Crippen LogP contribution in [-0.2, 0) is 4.84 Å². The van der Waals surface area contributed by atoms with Crippen molar-refractivity contribution in [2.45, 2.75) is 18.9 Å². The summed E-state index contributed by atoms with van der Waals surface area (Å²) < 4.78 is 5.63. The van der Waals surface area contributed by atoms with Gasteiger partial charge in [-0.05, 0) is 25.0 Å². The van der Waals surface area contributed by atoms with E-state index in [0.29, 0.717) is 18.3 Å². The van der Waals surface area contributed by atoms with Crippen LogP contribution in [0.5, 0.6) is 0 Å². The summed E-state index contributed by atoms with van der Waals surface area (Å²) in [5.41, 5.74) is 0.829. The topological polar surface area (TPSA) is 88.7 Å². The van der Waals surface area contributed by atoms with Gasteiger partial charge in [0.1, 0.15) is 6.04 Å². The minimum absolute atomic E-state index is 0.309. The summed E-state index contributed by atoms with van der Waals surface area (Å²) >= 11 is 0. The van der Waals surface area contributed by atoms with Crippen LogP contribution in [-0.4, -0.2) is 33.1 Å². The van der Waals surface area contributed by atoms with Gasteiger partial charge in [-0.2, -0.15) is 0 Å². The number of rotatable bonds is 3. The van der Waals surface area contributed by atoms with Crippen molar-refractivity contribution < 1.29 is 19.2 Å². The third-order valence-corrected chi connectivity index (χ3v) is 3.15. The molecule has 1 atom stereocenters. The molecule has 3 rings (SSSR count). The molecule has 1 N–H and O–H groups in total. The summed E-state index contributed by atoms with van der Waals surface area (Å²) in [4.78, 5) is 15.3. The average Bonchev–Trinajstić information content (AvgIpc) is 3.07. The van der Waals surface area contributed by atoms with Gasteiger partial charge in [0.25, 0.3) is 0 Å². The number of hydrogen-bond acceptors (Lipinski definition) is 6. The van der Waals surface area contributed by atoms with E-state index in [4.69, 9.17) is 14.4 Å². The molecular formula is C13H13N3O4. The largest absolute Gasteiger partial charge is 0.525 e. The molecule has 2 heterocycles. The second-order valence-corrected chi connectivity index (χ2v) is 4.47. The minimum atomic E-state index is -1.33. The van der Waals surface area contributed by atoms with Crippen molar-refractivity contribution in [2.75, 3.05) is 6.54 Å². The molecule has 0 bridgehead atoms. The van der Waals surface area contributed by atoms with Gasteiger partial charge in [0, 0.05) is 12.1 Å². The summed E-state index contributed by atoms with van der Waals surface area (Å²) in [6.07, 6.45) is 0.213. The Kier molecular flexibility index (Phi) is 3.34. The second kappa shape index (κ2) is 5.30. The lowest BCUT2D eigenvalue weighted by Crippen LogP contribution is -2.26. The van der Waals surface area contributed by atoms with Crippen LogP contribution in [0.4, 0.5) is 4.79 Å². The third-order valence-electron chi connectivity index (χ3n) is 3.15. The zero-order valence-electron chi connectivity index (χ0n) is 10.6. The average molecular weight is 275 g/mol. The molecule has 7 nitrogen and oxygen atoms in total. The molecule has 0 radical (unpaired) electrons. The van der Waals surface area contributed by atoms with Crippen molar-refractivity contribution in [3.05, 3.63) is 36.2 Å². The smallest absolute Gasteiger partial charge is 0.448 e. The maximum Gasteiger partial charge on any atom is 0.525 e. The van der Waals surface area contributed by atoms with Crippen LogP contribution >= 0.6 is 0 Å². The number of carboxylic acid groups (broad SMARTS) is 1. The van der Waals surface area contributed by atoms with E-state index >= 15 is 0 Å². The van der Waals surface area contributed by atoms with Gasteiger partial charge in [0.15, 0.2) is 0 Å². The fraction of sp³-hybridized carbons (Fsp3) is 0.308. The maximum atomic E-state index is 10.6. The van der Waals surface area contributed by atoms with E-state index in [1.807, 2.05) is 30.3 Å². The first-order valence-electron chi connectivity index (χ1n) is 6.30. The molecule has 1 aliphatic heterocycles. The number of hydroxylamine groups is 2. The standard InChI is InChI=1S/C13H13N3O4/c17-13(18)20-16-8-4-7-10(16)12-15-14-11(19-12)9-5-2-1-3-6-9/h1-3,5-6,10H,4,7-8H2,(H,17,18). The molecule has 0 amide bonds. The van der Waals surface area contributed by atoms with E-state index in [0.717, 1.165) is 18.4 Å². The maximum absolute atomic E-state index is 10.6. The summed E-state index contributed by atoms with van der Waals surface area (Å²) in [7, 11) is 0. The molecule has 0 spiro atoms. The first-order chi connectivity index (χ1) is 9.74. The number of hydrogen-bond donors (Lipinski definition) is 1. The SMILES string of the molecule is O=C(O)ON1CCCC1c1nnc(-c2ccccc2)o1. The van der Waals surface area contributed by atoms with Crippen molar-refractivity contribution in [3.8, 4) is 11.5 Å². The molecule has 1 unspecified atom stereocenters. The molecule has 1 saturated heterocycles. The first-order valence-corrected chi connectivity index (χ1v) is 6.30. The molecule has 7 heteroatoms. The Bertz CT molecular complexity index is 599. The minimum Gasteiger partial charge on any atom is -0.448 e. The molecule has 20 heavy (non-hydrogen) atoms. The zero-order valence-corrected chi connectivity index (χ0v) is 10.6. The third kappa shape index (κ3) is 2.48. The van der Waals surface area contributed by atoms with Gasteiger partial charge in [0.2, 0.25) is 11.8 Å². The van der Waals surface area contributed by atoms with Crippen LogP contribution in [0.25, 0.3) is 11.5 Å². The van der Waals surface area contributed by atoms with Crippen LogP contribution < -0.4 is 0 Å². The van der Waals surface area contributed by atoms with Gasteiger partial charge >= 0.3 is 6.16 Å². The highest BCUT2D eigenvalue weighted by Crippen LogP contribution is 2.32. The van der Waals surface area contributed by atoms with Gasteiger partial charge in [-0.15, -0.1) is 15.3 Å². The molecule has 104 valence electrons. The Labute approximate surface area is 114 Å². The van der Waals surface area contributed by atoms with Crippen LogP contribution in [0, 0.1) is 0 Å². The van der Waals surface area contributed by atoms with Crippen LogP contribution in [0.2, 0.25) is 0 Å². The van der Waals surface area contributed by atoms with Crippen molar-refractivity contribution in [1.29, 1.82) is 0 Å². The Hall–Kier alpha value is -2.41. The Balaban J connectivity index is 1.81. The van der Waals surface area contributed by atoms with E-state index < -0.39 is 6.16 Å². The number of nitrogens with zero attached hydrogens (tertiary/aromatic N) is 3. The highest BCUT2D eigenvalue weighted by Gasteiger charge is 2.33. The van der Waals surface area contributed by atoms with Gasteiger partial charge in [0.05, 0.1) is 0 Å². The molecular weight excluding hydrogens is 262 g/mol. The molecule has 1 aromatic carbocycles. The molecule has 1 fully saturated rings. The summed E-state index contributed by atoms with van der Waals surface area (Å²) in [6.45, 7) is 0.528. The van der Waals surface area contributed by atoms with Crippen LogP contribution in [0.15, 0.2) is 34.7 Å². The lowest BCUT2D eigenvalue weighted by Gasteiger charge is -2.17. The fourth-order valence-electron chi connectivity index (χ4n) is 2.26. The van der Waals surface area contributed by atoms with E-state index in [1.54, 1.807) is 0 Å². The van der Waals surface area contributed by atoms with Crippen molar-refractivity contribution >= 4 is 6.16 Å². The van der Waals surface area contributed by atoms with Gasteiger partial charge < -0.3 is 14.4 Å². The van der Waals surface area contributed by atoms with Gasteiger partial charge in [-0.25, -0.2) is 4.79 Å².